The zero-order chi connectivity index (χ0) is 13.4. The molecule has 0 radical (unpaired) electrons. The first-order chi connectivity index (χ1) is 9.93. The molecule has 4 rings (SSSR count). The predicted octanol–water partition coefficient (Wildman–Crippen LogP) is 5.51. The summed E-state index contributed by atoms with van der Waals surface area (Å²) in [4.78, 5) is 0. The Hall–Kier alpha value is -1.12. The summed E-state index contributed by atoms with van der Waals surface area (Å²) in [6.45, 7) is 0. The number of hydrogen-bond donors (Lipinski definition) is 0. The Bertz CT molecular complexity index is 704. The molecule has 0 aromatic heterocycles. The van der Waals surface area contributed by atoms with Gasteiger partial charge in [-0.05, 0) is 33.2 Å². The van der Waals surface area contributed by atoms with Gasteiger partial charge in [-0.1, -0.05) is 48.5 Å². The van der Waals surface area contributed by atoms with Crippen molar-refractivity contribution in [2.75, 3.05) is 17.3 Å². The summed E-state index contributed by atoms with van der Waals surface area (Å²) in [5.41, 5.74) is 1.55. The van der Waals surface area contributed by atoms with Gasteiger partial charge in [0.15, 0.2) is 0 Å². The van der Waals surface area contributed by atoms with Crippen LogP contribution in [0.5, 0.6) is 0 Å². The summed E-state index contributed by atoms with van der Waals surface area (Å²) in [5, 5.41) is 6.25. The van der Waals surface area contributed by atoms with Crippen LogP contribution in [-0.2, 0) is 0 Å². The Morgan fingerprint density at radius 2 is 1.45 bits per heavy atom. The summed E-state index contributed by atoms with van der Waals surface area (Å²) in [7, 11) is 0. The molecule has 20 heavy (non-hydrogen) atoms. The van der Waals surface area contributed by atoms with Gasteiger partial charge < -0.3 is 0 Å². The summed E-state index contributed by atoms with van der Waals surface area (Å²) >= 11 is 4.22. The SMILES string of the molecule is c1ccc2c(C3CSCCS3)c3ccccc3cc2c1. The van der Waals surface area contributed by atoms with E-state index in [1.807, 2.05) is 0 Å². The molecular weight excluding hydrogens is 280 g/mol. The number of thioether (sulfide) groups is 2. The molecule has 100 valence electrons. The molecule has 1 saturated heterocycles. The summed E-state index contributed by atoms with van der Waals surface area (Å²) < 4.78 is 0. The van der Waals surface area contributed by atoms with Crippen LogP contribution in [0.15, 0.2) is 54.6 Å². The van der Waals surface area contributed by atoms with Gasteiger partial charge in [-0.25, -0.2) is 0 Å². The molecule has 1 aliphatic heterocycles. The lowest BCUT2D eigenvalue weighted by Gasteiger charge is -2.24. The maximum atomic E-state index is 2.33. The van der Waals surface area contributed by atoms with Crippen LogP contribution in [0.4, 0.5) is 0 Å². The van der Waals surface area contributed by atoms with E-state index in [1.54, 1.807) is 5.56 Å². The summed E-state index contributed by atoms with van der Waals surface area (Å²) in [5.74, 6) is 3.80. The van der Waals surface area contributed by atoms with Crippen LogP contribution in [0.2, 0.25) is 0 Å². The van der Waals surface area contributed by atoms with E-state index in [0.29, 0.717) is 5.25 Å². The third-order valence-corrected chi connectivity index (χ3v) is 6.73. The minimum Gasteiger partial charge on any atom is -0.160 e. The fourth-order valence-electron chi connectivity index (χ4n) is 3.05. The molecule has 0 aliphatic carbocycles. The molecule has 1 aliphatic rings. The monoisotopic (exact) mass is 296 g/mol. The Morgan fingerprint density at radius 3 is 2.05 bits per heavy atom. The molecule has 0 spiro atoms. The highest BCUT2D eigenvalue weighted by atomic mass is 32.2. The number of hydrogen-bond acceptors (Lipinski definition) is 2. The van der Waals surface area contributed by atoms with Crippen molar-refractivity contribution in [3.05, 3.63) is 60.2 Å². The van der Waals surface area contributed by atoms with Crippen LogP contribution < -0.4 is 0 Å². The molecule has 0 amide bonds. The lowest BCUT2D eigenvalue weighted by Crippen LogP contribution is -2.07. The summed E-state index contributed by atoms with van der Waals surface area (Å²) in [6.07, 6.45) is 0. The van der Waals surface area contributed by atoms with Crippen molar-refractivity contribution >= 4 is 45.1 Å². The number of benzene rings is 3. The highest BCUT2D eigenvalue weighted by Gasteiger charge is 2.20. The number of rotatable bonds is 1. The van der Waals surface area contributed by atoms with Crippen molar-refractivity contribution in [3.8, 4) is 0 Å². The van der Waals surface area contributed by atoms with Crippen LogP contribution in [-0.4, -0.2) is 17.3 Å². The van der Waals surface area contributed by atoms with Crippen LogP contribution >= 0.6 is 23.5 Å². The van der Waals surface area contributed by atoms with E-state index in [1.165, 1.54) is 38.8 Å². The first-order valence-electron chi connectivity index (χ1n) is 7.03. The third-order valence-electron chi connectivity index (χ3n) is 3.95. The topological polar surface area (TPSA) is 0 Å². The maximum absolute atomic E-state index is 2.33. The van der Waals surface area contributed by atoms with Gasteiger partial charge in [0, 0.05) is 22.5 Å². The number of fused-ring (bicyclic) bond motifs is 2. The van der Waals surface area contributed by atoms with Gasteiger partial charge in [0.2, 0.25) is 0 Å². The standard InChI is InChI=1S/C18H16S2/c1-3-7-15-13(5-1)11-14-6-2-4-8-16(14)18(15)17-12-19-9-10-20-17/h1-8,11,17H,9-10,12H2. The molecule has 0 N–H and O–H groups in total. The van der Waals surface area contributed by atoms with Crippen LogP contribution in [0.3, 0.4) is 0 Å². The van der Waals surface area contributed by atoms with Crippen molar-refractivity contribution in [3.63, 3.8) is 0 Å². The van der Waals surface area contributed by atoms with E-state index >= 15 is 0 Å². The van der Waals surface area contributed by atoms with Crippen LogP contribution in [0.1, 0.15) is 10.8 Å². The van der Waals surface area contributed by atoms with Gasteiger partial charge >= 0.3 is 0 Å². The molecule has 0 bridgehead atoms. The zero-order valence-electron chi connectivity index (χ0n) is 11.2. The van der Waals surface area contributed by atoms with E-state index in [2.05, 4.69) is 78.1 Å². The minimum atomic E-state index is 0.629. The second-order valence-corrected chi connectivity index (χ2v) is 7.63. The average molecular weight is 296 g/mol. The third kappa shape index (κ3) is 2.11. The van der Waals surface area contributed by atoms with E-state index in [-0.39, 0.29) is 0 Å². The molecule has 1 atom stereocenters. The summed E-state index contributed by atoms with van der Waals surface area (Å²) in [6, 6.07) is 20.0. The van der Waals surface area contributed by atoms with Crippen molar-refractivity contribution in [1.29, 1.82) is 0 Å². The van der Waals surface area contributed by atoms with Crippen LogP contribution in [0, 0.1) is 0 Å². The predicted molar refractivity (Wildman–Crippen MR) is 94.0 cm³/mol. The first-order valence-corrected chi connectivity index (χ1v) is 9.23. The maximum Gasteiger partial charge on any atom is 0.0400 e. The lowest BCUT2D eigenvalue weighted by molar-refractivity contribution is 1.13. The van der Waals surface area contributed by atoms with Crippen molar-refractivity contribution in [2.24, 2.45) is 0 Å². The molecule has 3 aromatic rings. The fraction of sp³-hybridized carbons (Fsp3) is 0.222. The molecule has 1 fully saturated rings. The highest BCUT2D eigenvalue weighted by molar-refractivity contribution is 8.06. The smallest absolute Gasteiger partial charge is 0.0400 e. The van der Waals surface area contributed by atoms with Gasteiger partial charge in [0.25, 0.3) is 0 Å². The second kappa shape index (κ2) is 5.34. The Labute approximate surface area is 127 Å². The first kappa shape index (κ1) is 12.6. The van der Waals surface area contributed by atoms with Gasteiger partial charge in [-0.2, -0.15) is 23.5 Å². The Morgan fingerprint density at radius 1 is 0.800 bits per heavy atom. The highest BCUT2D eigenvalue weighted by Crippen LogP contribution is 2.43. The van der Waals surface area contributed by atoms with Gasteiger partial charge in [-0.15, -0.1) is 0 Å². The molecular formula is C18H16S2. The average Bonchev–Trinajstić information content (AvgIpc) is 2.53. The van der Waals surface area contributed by atoms with Crippen molar-refractivity contribution in [1.82, 2.24) is 0 Å². The van der Waals surface area contributed by atoms with E-state index in [4.69, 9.17) is 0 Å². The molecule has 3 aromatic carbocycles. The second-order valence-electron chi connectivity index (χ2n) is 5.17. The largest absolute Gasteiger partial charge is 0.160 e. The zero-order valence-corrected chi connectivity index (χ0v) is 12.8. The lowest BCUT2D eigenvalue weighted by atomic mass is 9.95. The van der Waals surface area contributed by atoms with Crippen molar-refractivity contribution < 1.29 is 0 Å². The van der Waals surface area contributed by atoms with E-state index in [9.17, 15) is 0 Å². The van der Waals surface area contributed by atoms with Crippen LogP contribution in [0.25, 0.3) is 21.5 Å². The van der Waals surface area contributed by atoms with E-state index < -0.39 is 0 Å². The van der Waals surface area contributed by atoms with Crippen molar-refractivity contribution in [2.45, 2.75) is 5.25 Å². The van der Waals surface area contributed by atoms with Gasteiger partial charge in [0.05, 0.1) is 0 Å². The fourth-order valence-corrected chi connectivity index (χ4v) is 5.83. The molecule has 0 nitrogen and oxygen atoms in total. The molecule has 1 unspecified atom stereocenters. The minimum absolute atomic E-state index is 0.629. The molecule has 0 saturated carbocycles. The Kier molecular flexibility index (Phi) is 3.37. The molecule has 2 heteroatoms. The normalized spacial score (nSPS) is 19.5. The quantitative estimate of drug-likeness (QED) is 0.543. The Balaban J connectivity index is 2.06. The van der Waals surface area contributed by atoms with E-state index in [0.717, 1.165) is 0 Å². The van der Waals surface area contributed by atoms with Gasteiger partial charge in [-0.3, -0.25) is 0 Å². The van der Waals surface area contributed by atoms with Gasteiger partial charge in [0.1, 0.15) is 0 Å². The molecule has 1 heterocycles.